The van der Waals surface area contributed by atoms with Crippen molar-refractivity contribution in [2.24, 2.45) is 0 Å². The van der Waals surface area contributed by atoms with Crippen molar-refractivity contribution in [1.29, 1.82) is 0 Å². The van der Waals surface area contributed by atoms with E-state index < -0.39 is 40.9 Å². The molecule has 0 bridgehead atoms. The molecule has 0 spiro atoms. The average Bonchev–Trinajstić information content (AvgIpc) is 3.20. The highest BCUT2D eigenvalue weighted by molar-refractivity contribution is 7.92. The molecular weight excluding hydrogens is 888 g/mol. The van der Waals surface area contributed by atoms with Gasteiger partial charge in [-0.25, -0.2) is 16.8 Å². The van der Waals surface area contributed by atoms with Gasteiger partial charge < -0.3 is 0 Å². The van der Waals surface area contributed by atoms with Crippen molar-refractivity contribution in [2.75, 3.05) is 12.5 Å². The summed E-state index contributed by atoms with van der Waals surface area (Å²) in [7, 11) is -9.58. The number of alkyl halides is 3. The molecule has 0 N–H and O–H groups in total. The Bertz CT molecular complexity index is 2930. The molecule has 8 nitrogen and oxygen atoms in total. The lowest BCUT2D eigenvalue weighted by atomic mass is 9.91. The molecule has 3 heterocycles. The molecule has 0 radical (unpaired) electrons. The zero-order chi connectivity index (χ0) is 49.1. The Morgan fingerprint density at radius 2 is 0.800 bits per heavy atom. The monoisotopic (exact) mass is 947 g/mol. The molecule has 1 atom stereocenters. The zero-order valence-corrected chi connectivity index (χ0v) is 42.1. The fourth-order valence-electron chi connectivity index (χ4n) is 6.35. The van der Waals surface area contributed by atoms with Gasteiger partial charge in [-0.15, -0.1) is 0 Å². The van der Waals surface area contributed by atoms with Crippen LogP contribution in [0.5, 0.6) is 0 Å². The fraction of sp³-hybridized carbons (Fsp3) is 0.353. The number of pyridine rings is 3. The first-order chi connectivity index (χ1) is 29.7. The van der Waals surface area contributed by atoms with Gasteiger partial charge in [0.05, 0.1) is 26.9 Å². The third-order valence-corrected chi connectivity index (χ3v) is 13.9. The molecule has 3 aromatic heterocycles. The number of nitrogens with zero attached hydrogens (tertiary/aromatic N) is 3. The van der Waals surface area contributed by atoms with Crippen LogP contribution in [0.4, 0.5) is 13.2 Å². The molecule has 1 unspecified atom stereocenters. The van der Waals surface area contributed by atoms with Crippen LogP contribution in [0.25, 0.3) is 33.8 Å². The number of aromatic nitrogens is 3. The summed E-state index contributed by atoms with van der Waals surface area (Å²) < 4.78 is 96.7. The van der Waals surface area contributed by atoms with Gasteiger partial charge in [0.25, 0.3) is 9.84 Å². The summed E-state index contributed by atoms with van der Waals surface area (Å²) in [6.07, 6.45) is 2.92. The summed E-state index contributed by atoms with van der Waals surface area (Å²) >= 11 is 0. The van der Waals surface area contributed by atoms with Gasteiger partial charge in [-0.3, -0.25) is 19.2 Å². The predicted octanol–water partition coefficient (Wildman–Crippen LogP) is 12.5. The van der Waals surface area contributed by atoms with E-state index >= 15 is 0 Å². The summed E-state index contributed by atoms with van der Waals surface area (Å²) in [6, 6.07) is 31.7. The van der Waals surface area contributed by atoms with E-state index in [2.05, 4.69) is 59.5 Å². The normalized spacial score (nSPS) is 12.9. The van der Waals surface area contributed by atoms with Crippen LogP contribution in [0.1, 0.15) is 96.1 Å². The van der Waals surface area contributed by atoms with Crippen LogP contribution in [-0.4, -0.2) is 54.0 Å². The summed E-state index contributed by atoms with van der Waals surface area (Å²) in [4.78, 5) is 14.4. The first kappa shape index (κ1) is 52.6. The highest BCUT2D eigenvalue weighted by Gasteiger charge is 2.47. The highest BCUT2D eigenvalue weighted by Crippen LogP contribution is 2.35. The molecule has 348 valence electrons. The lowest BCUT2D eigenvalue weighted by molar-refractivity contribution is -0.0436. The molecule has 0 aliphatic rings. The fourth-order valence-corrected chi connectivity index (χ4v) is 8.33. The van der Waals surface area contributed by atoms with Gasteiger partial charge in [0.1, 0.15) is 0 Å². The molecule has 0 amide bonds. The maximum atomic E-state index is 12.8. The van der Waals surface area contributed by atoms with Crippen LogP contribution in [0.2, 0.25) is 0 Å². The van der Waals surface area contributed by atoms with Gasteiger partial charge in [-0.1, -0.05) is 98.7 Å². The number of benzene rings is 3. The quantitative estimate of drug-likeness (QED) is 0.162. The number of sulfone groups is 2. The molecule has 0 aliphatic carbocycles. The first-order valence-electron chi connectivity index (χ1n) is 20.8. The summed E-state index contributed by atoms with van der Waals surface area (Å²) in [5.74, 6) is 0. The van der Waals surface area contributed by atoms with Crippen LogP contribution in [0.15, 0.2) is 124 Å². The molecule has 6 aromatic rings. The lowest BCUT2D eigenvalue weighted by Crippen LogP contribution is -2.23. The molecule has 3 aromatic carbocycles. The summed E-state index contributed by atoms with van der Waals surface area (Å²) in [5, 5.41) is 0. The Morgan fingerprint density at radius 1 is 0.477 bits per heavy atom. The zero-order valence-electron chi connectivity index (χ0n) is 39.6. The second kappa shape index (κ2) is 19.8. The van der Waals surface area contributed by atoms with E-state index in [0.717, 1.165) is 67.8 Å². The minimum Gasteiger partial charge on any atom is -0.255 e. The van der Waals surface area contributed by atoms with Crippen molar-refractivity contribution in [3.63, 3.8) is 0 Å². The maximum absolute atomic E-state index is 12.8. The standard InChI is InChI=1S/C17H18F3NO2S.C17H21NO2S.C17H21NOS/c1-11-8-9-12(24(22,23)17(18,19)20)10-13(11)14-6-5-7-15(21-14)16(2,3)4;1-12-9-10-13(21(5,19)20)11-14(12)15-7-6-8-16(18-15)17(2,3)4;1-12-9-10-13(20(5)19)11-14(12)15-7-6-8-16(18-15)17(2,3)4/h5-10H,1-4H3;6-11H,1-5H3;6-11H,1-5H3. The largest absolute Gasteiger partial charge is 0.501 e. The minimum absolute atomic E-state index is 0.0229. The number of hydrogen-bond acceptors (Lipinski definition) is 8. The van der Waals surface area contributed by atoms with Crippen LogP contribution >= 0.6 is 0 Å². The van der Waals surface area contributed by atoms with E-state index in [0.29, 0.717) is 21.7 Å². The first-order valence-corrected chi connectivity index (χ1v) is 25.8. The lowest BCUT2D eigenvalue weighted by Gasteiger charge is -2.19. The van der Waals surface area contributed by atoms with E-state index in [1.54, 1.807) is 37.4 Å². The van der Waals surface area contributed by atoms with Gasteiger partial charge in [0.15, 0.2) is 9.84 Å². The van der Waals surface area contributed by atoms with E-state index in [1.165, 1.54) is 12.3 Å². The molecular formula is C51H60F3N3O5S3. The smallest absolute Gasteiger partial charge is 0.255 e. The second-order valence-electron chi connectivity index (χ2n) is 19.1. The second-order valence-corrected chi connectivity index (χ2v) is 24.4. The minimum atomic E-state index is -5.39. The molecule has 0 fully saturated rings. The Balaban J connectivity index is 0.000000214. The molecule has 0 aliphatic heterocycles. The van der Waals surface area contributed by atoms with Crippen molar-refractivity contribution in [2.45, 2.75) is 120 Å². The summed E-state index contributed by atoms with van der Waals surface area (Å²) in [5.41, 5.74) is 4.54. The van der Waals surface area contributed by atoms with Crippen LogP contribution in [-0.2, 0) is 46.7 Å². The van der Waals surface area contributed by atoms with Crippen molar-refractivity contribution in [3.8, 4) is 33.8 Å². The number of rotatable bonds is 6. The van der Waals surface area contributed by atoms with E-state index in [-0.39, 0.29) is 16.2 Å². The Kier molecular flexibility index (Phi) is 16.0. The molecule has 65 heavy (non-hydrogen) atoms. The van der Waals surface area contributed by atoms with Crippen LogP contribution in [0.3, 0.4) is 0 Å². The predicted molar refractivity (Wildman–Crippen MR) is 258 cm³/mol. The maximum Gasteiger partial charge on any atom is 0.501 e. The topological polar surface area (TPSA) is 124 Å². The van der Waals surface area contributed by atoms with Gasteiger partial charge in [-0.05, 0) is 110 Å². The van der Waals surface area contributed by atoms with Gasteiger partial charge in [0, 0.05) is 78.2 Å². The molecule has 14 heteroatoms. The van der Waals surface area contributed by atoms with E-state index in [1.807, 2.05) is 88.4 Å². The molecule has 0 saturated carbocycles. The van der Waals surface area contributed by atoms with Crippen molar-refractivity contribution < 1.29 is 34.2 Å². The molecule has 0 saturated heterocycles. The van der Waals surface area contributed by atoms with Crippen LogP contribution < -0.4 is 0 Å². The van der Waals surface area contributed by atoms with Gasteiger partial charge in [0.2, 0.25) is 0 Å². The Morgan fingerprint density at radius 3 is 1.12 bits per heavy atom. The molecule has 6 rings (SSSR count). The third kappa shape index (κ3) is 13.5. The Hall–Kier alpha value is -5.05. The number of aryl methyl sites for hydroxylation is 3. The third-order valence-electron chi connectivity index (χ3n) is 10.4. The van der Waals surface area contributed by atoms with Gasteiger partial charge >= 0.3 is 5.51 Å². The van der Waals surface area contributed by atoms with Crippen molar-refractivity contribution in [1.82, 2.24) is 15.0 Å². The van der Waals surface area contributed by atoms with Crippen molar-refractivity contribution in [3.05, 3.63) is 143 Å². The highest BCUT2D eigenvalue weighted by atomic mass is 32.2. The summed E-state index contributed by atoms with van der Waals surface area (Å²) in [6.45, 7) is 24.4. The Labute approximate surface area is 386 Å². The SMILES string of the molecule is Cc1ccc(S(=O)(=O)C(F)(F)F)cc1-c1cccc(C(C)(C)C)n1.Cc1ccc(S(C)(=O)=O)cc1-c1cccc(C(C)(C)C)n1.Cc1ccc(S(C)=O)cc1-c1cccc(C(C)(C)C)n1. The van der Waals surface area contributed by atoms with Crippen molar-refractivity contribution >= 4 is 30.5 Å². The van der Waals surface area contributed by atoms with E-state index in [9.17, 15) is 34.2 Å². The van der Waals surface area contributed by atoms with E-state index in [4.69, 9.17) is 9.97 Å². The number of hydrogen-bond donors (Lipinski definition) is 0. The number of halogens is 3. The average molecular weight is 948 g/mol. The van der Waals surface area contributed by atoms with Gasteiger partial charge in [-0.2, -0.15) is 13.2 Å². The van der Waals surface area contributed by atoms with Crippen LogP contribution in [0, 0.1) is 20.8 Å².